The minimum absolute atomic E-state index is 0.354. The first-order valence-corrected chi connectivity index (χ1v) is 4.93. The number of halogens is 1. The lowest BCUT2D eigenvalue weighted by Crippen LogP contribution is -2.22. The summed E-state index contributed by atoms with van der Waals surface area (Å²) in [6.07, 6.45) is 3.24. The molecular formula is C10H9ClN2O2. The van der Waals surface area contributed by atoms with Crippen LogP contribution in [0.25, 0.3) is 0 Å². The Morgan fingerprint density at radius 1 is 1.33 bits per heavy atom. The molecule has 0 saturated carbocycles. The molecule has 1 N–H and O–H groups in total. The molecule has 0 aliphatic carbocycles. The molecule has 1 aromatic rings. The predicted octanol–water partition coefficient (Wildman–Crippen LogP) is 0.737. The fraction of sp³-hybridized carbons (Fsp3) is 0.300. The number of alkyl halides is 1. The summed E-state index contributed by atoms with van der Waals surface area (Å²) in [5.41, 5.74) is 1.61. The van der Waals surface area contributed by atoms with E-state index in [1.807, 2.05) is 13.0 Å². The second-order valence-electron chi connectivity index (χ2n) is 3.53. The van der Waals surface area contributed by atoms with Gasteiger partial charge in [-0.25, -0.2) is 0 Å². The van der Waals surface area contributed by atoms with Gasteiger partial charge in [0.05, 0.1) is 5.92 Å². The van der Waals surface area contributed by atoms with E-state index in [4.69, 9.17) is 11.6 Å². The Morgan fingerprint density at radius 2 is 2.07 bits per heavy atom. The third-order valence-electron chi connectivity index (χ3n) is 2.33. The first-order valence-electron chi connectivity index (χ1n) is 4.50. The minimum Gasteiger partial charge on any atom is -0.295 e. The summed E-state index contributed by atoms with van der Waals surface area (Å²) in [6, 6.07) is 1.81. The SMILES string of the molecule is Cc1cncc(C2C(=O)NC(=O)C2Cl)c1. The van der Waals surface area contributed by atoms with Gasteiger partial charge in [0.15, 0.2) is 0 Å². The highest BCUT2D eigenvalue weighted by atomic mass is 35.5. The second-order valence-corrected chi connectivity index (χ2v) is 4.00. The number of imide groups is 1. The fourth-order valence-corrected chi connectivity index (χ4v) is 1.94. The van der Waals surface area contributed by atoms with Gasteiger partial charge in [-0.1, -0.05) is 6.07 Å². The molecule has 2 heterocycles. The van der Waals surface area contributed by atoms with Crippen LogP contribution < -0.4 is 5.32 Å². The molecule has 2 rings (SSSR count). The molecule has 1 aliphatic heterocycles. The van der Waals surface area contributed by atoms with Crippen molar-refractivity contribution < 1.29 is 9.59 Å². The van der Waals surface area contributed by atoms with Crippen LogP contribution in [-0.4, -0.2) is 22.2 Å². The topological polar surface area (TPSA) is 59.1 Å². The van der Waals surface area contributed by atoms with Gasteiger partial charge in [0.25, 0.3) is 0 Å². The van der Waals surface area contributed by atoms with Crippen molar-refractivity contribution in [2.45, 2.75) is 18.2 Å². The second kappa shape index (κ2) is 3.62. The normalized spacial score (nSPS) is 25.5. The van der Waals surface area contributed by atoms with E-state index in [0.29, 0.717) is 5.56 Å². The van der Waals surface area contributed by atoms with Gasteiger partial charge in [0, 0.05) is 12.4 Å². The van der Waals surface area contributed by atoms with E-state index in [9.17, 15) is 9.59 Å². The average molecular weight is 225 g/mol. The monoisotopic (exact) mass is 224 g/mol. The van der Waals surface area contributed by atoms with Crippen LogP contribution in [0, 0.1) is 6.92 Å². The van der Waals surface area contributed by atoms with Crippen LogP contribution in [-0.2, 0) is 9.59 Å². The van der Waals surface area contributed by atoms with E-state index in [1.54, 1.807) is 12.4 Å². The van der Waals surface area contributed by atoms with Crippen LogP contribution in [0.1, 0.15) is 17.0 Å². The molecule has 1 aliphatic rings. The molecule has 2 atom stereocenters. The molecule has 0 spiro atoms. The van der Waals surface area contributed by atoms with Crippen LogP contribution >= 0.6 is 11.6 Å². The van der Waals surface area contributed by atoms with Gasteiger partial charge in [-0.15, -0.1) is 11.6 Å². The van der Waals surface area contributed by atoms with Gasteiger partial charge >= 0.3 is 0 Å². The first-order chi connectivity index (χ1) is 7.09. The summed E-state index contributed by atoms with van der Waals surface area (Å²) in [5, 5.41) is 1.36. The molecule has 0 aromatic carbocycles. The zero-order chi connectivity index (χ0) is 11.0. The predicted molar refractivity (Wildman–Crippen MR) is 54.5 cm³/mol. The van der Waals surface area contributed by atoms with Crippen molar-refractivity contribution in [3.05, 3.63) is 29.6 Å². The summed E-state index contributed by atoms with van der Waals surface area (Å²) >= 11 is 5.85. The van der Waals surface area contributed by atoms with E-state index in [0.717, 1.165) is 5.56 Å². The quantitative estimate of drug-likeness (QED) is 0.565. The summed E-state index contributed by atoms with van der Waals surface area (Å²) in [4.78, 5) is 26.6. The Hall–Kier alpha value is -1.42. The van der Waals surface area contributed by atoms with Gasteiger partial charge in [-0.05, 0) is 18.1 Å². The Balaban J connectivity index is 2.39. The number of rotatable bonds is 1. The number of hydrogen-bond donors (Lipinski definition) is 1. The standard InChI is InChI=1S/C10H9ClN2O2/c1-5-2-6(4-12-3-5)7-8(11)10(15)13-9(7)14/h2-4,7-8H,1H3,(H,13,14,15). The van der Waals surface area contributed by atoms with Crippen LogP contribution in [0.15, 0.2) is 18.5 Å². The number of aryl methyl sites for hydroxylation is 1. The Kier molecular flexibility index (Phi) is 2.44. The maximum atomic E-state index is 11.5. The molecular weight excluding hydrogens is 216 g/mol. The zero-order valence-electron chi connectivity index (χ0n) is 8.03. The molecule has 78 valence electrons. The van der Waals surface area contributed by atoms with E-state index < -0.39 is 17.2 Å². The van der Waals surface area contributed by atoms with Gasteiger partial charge < -0.3 is 0 Å². The maximum Gasteiger partial charge on any atom is 0.245 e. The highest BCUT2D eigenvalue weighted by Gasteiger charge is 2.41. The van der Waals surface area contributed by atoms with Gasteiger partial charge in [-0.2, -0.15) is 0 Å². The lowest BCUT2D eigenvalue weighted by atomic mass is 9.98. The molecule has 5 heteroatoms. The highest BCUT2D eigenvalue weighted by molar-refractivity contribution is 6.37. The van der Waals surface area contributed by atoms with E-state index in [2.05, 4.69) is 10.3 Å². The third-order valence-corrected chi connectivity index (χ3v) is 2.78. The minimum atomic E-state index is -0.832. The Labute approximate surface area is 91.6 Å². The number of nitrogens with zero attached hydrogens (tertiary/aromatic N) is 1. The lowest BCUT2D eigenvalue weighted by molar-refractivity contribution is -0.125. The Bertz CT molecular complexity index is 433. The zero-order valence-corrected chi connectivity index (χ0v) is 8.78. The molecule has 1 saturated heterocycles. The fourth-order valence-electron chi connectivity index (χ4n) is 1.62. The van der Waals surface area contributed by atoms with Crippen molar-refractivity contribution in [3.63, 3.8) is 0 Å². The number of carbonyl (C=O) groups excluding carboxylic acids is 2. The van der Waals surface area contributed by atoms with Crippen molar-refractivity contribution in [2.24, 2.45) is 0 Å². The summed E-state index contributed by atoms with van der Waals surface area (Å²) in [7, 11) is 0. The highest BCUT2D eigenvalue weighted by Crippen LogP contribution is 2.28. The molecule has 2 unspecified atom stereocenters. The number of pyridine rings is 1. The van der Waals surface area contributed by atoms with E-state index in [1.165, 1.54) is 0 Å². The molecule has 4 nitrogen and oxygen atoms in total. The Morgan fingerprint density at radius 3 is 2.60 bits per heavy atom. The van der Waals surface area contributed by atoms with E-state index >= 15 is 0 Å². The van der Waals surface area contributed by atoms with Crippen molar-refractivity contribution in [1.29, 1.82) is 0 Å². The molecule has 1 aromatic heterocycles. The van der Waals surface area contributed by atoms with Crippen molar-refractivity contribution in [3.8, 4) is 0 Å². The van der Waals surface area contributed by atoms with Crippen LogP contribution in [0.4, 0.5) is 0 Å². The number of carbonyl (C=O) groups is 2. The summed E-state index contributed by atoms with van der Waals surface area (Å²) in [6.45, 7) is 1.87. The van der Waals surface area contributed by atoms with Crippen LogP contribution in [0.5, 0.6) is 0 Å². The van der Waals surface area contributed by atoms with Gasteiger partial charge in [0.2, 0.25) is 11.8 Å². The van der Waals surface area contributed by atoms with Gasteiger partial charge in [0.1, 0.15) is 5.38 Å². The summed E-state index contributed by atoms with van der Waals surface area (Å²) in [5.74, 6) is -1.41. The third kappa shape index (κ3) is 1.72. The van der Waals surface area contributed by atoms with Crippen LogP contribution in [0.3, 0.4) is 0 Å². The largest absolute Gasteiger partial charge is 0.295 e. The molecule has 1 fully saturated rings. The maximum absolute atomic E-state index is 11.5. The lowest BCUT2D eigenvalue weighted by Gasteiger charge is -2.09. The summed E-state index contributed by atoms with van der Waals surface area (Å²) < 4.78 is 0. The van der Waals surface area contributed by atoms with Crippen molar-refractivity contribution in [1.82, 2.24) is 10.3 Å². The van der Waals surface area contributed by atoms with Gasteiger partial charge in [-0.3, -0.25) is 19.9 Å². The van der Waals surface area contributed by atoms with E-state index in [-0.39, 0.29) is 5.91 Å². The number of nitrogens with one attached hydrogen (secondary N) is 1. The number of aromatic nitrogens is 1. The van der Waals surface area contributed by atoms with Crippen molar-refractivity contribution in [2.75, 3.05) is 0 Å². The molecule has 15 heavy (non-hydrogen) atoms. The number of amides is 2. The first kappa shape index (κ1) is 10.1. The molecule has 2 amide bonds. The van der Waals surface area contributed by atoms with Crippen LogP contribution in [0.2, 0.25) is 0 Å². The molecule has 0 bridgehead atoms. The average Bonchev–Trinajstić information content (AvgIpc) is 2.41. The smallest absolute Gasteiger partial charge is 0.245 e. The molecule has 0 radical (unpaired) electrons. The van der Waals surface area contributed by atoms with Crippen molar-refractivity contribution >= 4 is 23.4 Å². The number of hydrogen-bond acceptors (Lipinski definition) is 3.